The number of hydrogen-bond acceptors (Lipinski definition) is 4. The first kappa shape index (κ1) is 16.3. The van der Waals surface area contributed by atoms with Gasteiger partial charge >= 0.3 is 0 Å². The number of halogens is 1. The number of nitrogens with zero attached hydrogens (tertiary/aromatic N) is 3. The minimum Gasteiger partial charge on any atom is -0.360 e. The van der Waals surface area contributed by atoms with Gasteiger partial charge in [0, 0.05) is 44.7 Å². The van der Waals surface area contributed by atoms with Crippen molar-refractivity contribution in [3.8, 4) is 0 Å². The first-order valence-corrected chi connectivity index (χ1v) is 8.94. The summed E-state index contributed by atoms with van der Waals surface area (Å²) in [6, 6.07) is 6.61. The summed E-state index contributed by atoms with van der Waals surface area (Å²) in [6.07, 6.45) is 3.99. The quantitative estimate of drug-likeness (QED) is 0.860. The van der Waals surface area contributed by atoms with Crippen LogP contribution in [0, 0.1) is 5.82 Å². The minimum absolute atomic E-state index is 0.00617. The van der Waals surface area contributed by atoms with E-state index in [1.165, 1.54) is 12.1 Å². The highest BCUT2D eigenvalue weighted by Gasteiger charge is 2.29. The fourth-order valence-corrected chi connectivity index (χ4v) is 3.66. The lowest BCUT2D eigenvalue weighted by molar-refractivity contribution is 0.0617. The lowest BCUT2D eigenvalue weighted by Gasteiger charge is -2.34. The first-order chi connectivity index (χ1) is 12.2. The summed E-state index contributed by atoms with van der Waals surface area (Å²) in [5, 5.41) is 4.05. The molecule has 0 radical (unpaired) electrons. The molecule has 6 heteroatoms. The zero-order chi connectivity index (χ0) is 17.2. The lowest BCUT2D eigenvalue weighted by Crippen LogP contribution is -2.48. The molecular formula is C19H22FN3O2. The Hall–Kier alpha value is -2.21. The van der Waals surface area contributed by atoms with Crippen molar-refractivity contribution in [3.05, 3.63) is 52.7 Å². The standard InChI is InChI=1S/C19H22FN3O2/c20-15-7-5-14(6-8-15)13-22-9-11-23(12-10-22)19(24)18-16-3-1-2-4-17(16)25-21-18/h5-8H,1-4,9-13H2. The van der Waals surface area contributed by atoms with E-state index in [0.29, 0.717) is 18.8 Å². The molecule has 5 nitrogen and oxygen atoms in total. The molecular weight excluding hydrogens is 321 g/mol. The Bertz CT molecular complexity index is 749. The number of carbonyl (C=O) groups is 1. The largest absolute Gasteiger partial charge is 0.360 e. The molecule has 0 bridgehead atoms. The van der Waals surface area contributed by atoms with E-state index < -0.39 is 0 Å². The normalized spacial score (nSPS) is 18.2. The van der Waals surface area contributed by atoms with Gasteiger partial charge < -0.3 is 9.42 Å². The first-order valence-electron chi connectivity index (χ1n) is 8.94. The van der Waals surface area contributed by atoms with Crippen LogP contribution < -0.4 is 0 Å². The van der Waals surface area contributed by atoms with Crippen LogP contribution in [0.2, 0.25) is 0 Å². The van der Waals surface area contributed by atoms with Crippen molar-refractivity contribution >= 4 is 5.91 Å². The van der Waals surface area contributed by atoms with Crippen molar-refractivity contribution in [1.29, 1.82) is 0 Å². The van der Waals surface area contributed by atoms with Gasteiger partial charge in [-0.15, -0.1) is 0 Å². The maximum absolute atomic E-state index is 13.0. The Morgan fingerprint density at radius 2 is 1.80 bits per heavy atom. The average Bonchev–Trinajstić information content (AvgIpc) is 3.08. The number of hydrogen-bond donors (Lipinski definition) is 0. The predicted octanol–water partition coefficient (Wildman–Crippen LogP) is 2.65. The Morgan fingerprint density at radius 1 is 1.08 bits per heavy atom. The van der Waals surface area contributed by atoms with Crippen LogP contribution in [0.3, 0.4) is 0 Å². The van der Waals surface area contributed by atoms with Gasteiger partial charge in [0.1, 0.15) is 11.6 Å². The van der Waals surface area contributed by atoms with Crippen LogP contribution >= 0.6 is 0 Å². The predicted molar refractivity (Wildman–Crippen MR) is 90.7 cm³/mol. The van der Waals surface area contributed by atoms with Crippen LogP contribution in [0.1, 0.15) is 40.2 Å². The molecule has 1 aromatic heterocycles. The molecule has 0 saturated carbocycles. The molecule has 1 aliphatic carbocycles. The van der Waals surface area contributed by atoms with Crippen molar-refractivity contribution < 1.29 is 13.7 Å². The van der Waals surface area contributed by atoms with Crippen LogP contribution in [0.5, 0.6) is 0 Å². The number of benzene rings is 1. The molecule has 25 heavy (non-hydrogen) atoms. The number of aryl methyl sites for hydroxylation is 1. The molecule has 0 N–H and O–H groups in total. The van der Waals surface area contributed by atoms with Crippen molar-refractivity contribution in [3.63, 3.8) is 0 Å². The summed E-state index contributed by atoms with van der Waals surface area (Å²) in [5.74, 6) is 0.674. The summed E-state index contributed by atoms with van der Waals surface area (Å²) >= 11 is 0. The number of piperazine rings is 1. The smallest absolute Gasteiger partial charge is 0.276 e. The van der Waals surface area contributed by atoms with Crippen LogP contribution in [0.15, 0.2) is 28.8 Å². The van der Waals surface area contributed by atoms with Gasteiger partial charge in [-0.2, -0.15) is 0 Å². The van der Waals surface area contributed by atoms with Crippen LogP contribution in [0.4, 0.5) is 4.39 Å². The molecule has 0 spiro atoms. The molecule has 1 aliphatic heterocycles. The fourth-order valence-electron chi connectivity index (χ4n) is 3.66. The molecule has 132 valence electrons. The molecule has 1 aromatic carbocycles. The number of carbonyl (C=O) groups excluding carboxylic acids is 1. The maximum atomic E-state index is 13.0. The molecule has 0 unspecified atom stereocenters. The average molecular weight is 343 g/mol. The molecule has 1 fully saturated rings. The maximum Gasteiger partial charge on any atom is 0.276 e. The molecule has 2 aliphatic rings. The van der Waals surface area contributed by atoms with Gasteiger partial charge in [0.05, 0.1) is 0 Å². The van der Waals surface area contributed by atoms with Crippen molar-refractivity contribution in [2.75, 3.05) is 26.2 Å². The Labute approximate surface area is 146 Å². The molecule has 2 heterocycles. The molecule has 1 amide bonds. The monoisotopic (exact) mass is 343 g/mol. The summed E-state index contributed by atoms with van der Waals surface area (Å²) < 4.78 is 18.4. The fraction of sp³-hybridized carbons (Fsp3) is 0.474. The van der Waals surface area contributed by atoms with Crippen LogP contribution in [-0.2, 0) is 19.4 Å². The number of amides is 1. The molecule has 1 saturated heterocycles. The molecule has 0 atom stereocenters. The van der Waals surface area contributed by atoms with Crippen LogP contribution in [-0.4, -0.2) is 47.0 Å². The van der Waals surface area contributed by atoms with Gasteiger partial charge in [-0.3, -0.25) is 9.69 Å². The molecule has 4 rings (SSSR count). The van der Waals surface area contributed by atoms with E-state index in [0.717, 1.165) is 62.2 Å². The number of rotatable bonds is 3. The second-order valence-corrected chi connectivity index (χ2v) is 6.83. The number of aromatic nitrogens is 1. The summed E-state index contributed by atoms with van der Waals surface area (Å²) in [7, 11) is 0. The lowest BCUT2D eigenvalue weighted by atomic mass is 9.96. The summed E-state index contributed by atoms with van der Waals surface area (Å²) in [4.78, 5) is 16.9. The van der Waals surface area contributed by atoms with Gasteiger partial charge in [0.2, 0.25) is 0 Å². The summed E-state index contributed by atoms with van der Waals surface area (Å²) in [5.41, 5.74) is 2.62. The Balaban J connectivity index is 1.36. The van der Waals surface area contributed by atoms with E-state index in [-0.39, 0.29) is 11.7 Å². The van der Waals surface area contributed by atoms with E-state index in [9.17, 15) is 9.18 Å². The van der Waals surface area contributed by atoms with E-state index in [4.69, 9.17) is 4.52 Å². The Morgan fingerprint density at radius 3 is 2.56 bits per heavy atom. The van der Waals surface area contributed by atoms with Crippen molar-refractivity contribution in [2.45, 2.75) is 32.2 Å². The van der Waals surface area contributed by atoms with Crippen molar-refractivity contribution in [2.24, 2.45) is 0 Å². The molecule has 2 aromatic rings. The third-order valence-electron chi connectivity index (χ3n) is 5.13. The summed E-state index contributed by atoms with van der Waals surface area (Å²) in [6.45, 7) is 3.76. The zero-order valence-electron chi connectivity index (χ0n) is 14.2. The van der Waals surface area contributed by atoms with Crippen LogP contribution in [0.25, 0.3) is 0 Å². The minimum atomic E-state index is -0.213. The third kappa shape index (κ3) is 3.44. The highest BCUT2D eigenvalue weighted by Crippen LogP contribution is 2.25. The zero-order valence-corrected chi connectivity index (χ0v) is 14.2. The van der Waals surface area contributed by atoms with Gasteiger partial charge in [-0.05, 0) is 37.0 Å². The van der Waals surface area contributed by atoms with Gasteiger partial charge in [-0.25, -0.2) is 4.39 Å². The van der Waals surface area contributed by atoms with E-state index in [2.05, 4.69) is 10.1 Å². The highest BCUT2D eigenvalue weighted by molar-refractivity contribution is 5.94. The SMILES string of the molecule is O=C(c1noc2c1CCCC2)N1CCN(Cc2ccc(F)cc2)CC1. The van der Waals surface area contributed by atoms with Gasteiger partial charge in [0.25, 0.3) is 5.91 Å². The van der Waals surface area contributed by atoms with E-state index in [1.807, 2.05) is 17.0 Å². The van der Waals surface area contributed by atoms with Gasteiger partial charge in [-0.1, -0.05) is 17.3 Å². The van der Waals surface area contributed by atoms with E-state index in [1.54, 1.807) is 0 Å². The third-order valence-corrected chi connectivity index (χ3v) is 5.13. The second kappa shape index (κ2) is 6.96. The van der Waals surface area contributed by atoms with E-state index >= 15 is 0 Å². The Kier molecular flexibility index (Phi) is 4.53. The highest BCUT2D eigenvalue weighted by atomic mass is 19.1. The number of fused-ring (bicyclic) bond motifs is 1. The second-order valence-electron chi connectivity index (χ2n) is 6.83. The topological polar surface area (TPSA) is 49.6 Å². The van der Waals surface area contributed by atoms with Gasteiger partial charge in [0.15, 0.2) is 5.69 Å². The van der Waals surface area contributed by atoms with Crippen molar-refractivity contribution in [1.82, 2.24) is 15.0 Å².